The first-order chi connectivity index (χ1) is 15.3. The number of hydrogen-bond acceptors (Lipinski definition) is 2. The Morgan fingerprint density at radius 3 is 2.00 bits per heavy atom. The number of benzene rings is 3. The molecule has 5 aromatic rings. The SMILES string of the molecule is Fc1cc[c-]c(-c2ccc(-c3ccccc3)cn2)c1.[Ir].[c-]1ccccc1-c1ccccn1. The quantitative estimate of drug-likeness (QED) is 0.213. The summed E-state index contributed by atoms with van der Waals surface area (Å²) >= 11 is 0. The summed E-state index contributed by atoms with van der Waals surface area (Å²) in [6, 6.07) is 38.1. The summed E-state index contributed by atoms with van der Waals surface area (Å²) in [5, 5.41) is 0. The third-order valence-electron chi connectivity index (χ3n) is 4.56. The van der Waals surface area contributed by atoms with Crippen molar-refractivity contribution in [1.82, 2.24) is 9.97 Å². The number of pyridine rings is 2. The summed E-state index contributed by atoms with van der Waals surface area (Å²) in [4.78, 5) is 8.59. The van der Waals surface area contributed by atoms with Crippen molar-refractivity contribution >= 4 is 0 Å². The number of halogens is 1. The van der Waals surface area contributed by atoms with E-state index in [2.05, 4.69) is 22.1 Å². The van der Waals surface area contributed by atoms with Crippen molar-refractivity contribution < 1.29 is 24.5 Å². The van der Waals surface area contributed by atoms with E-state index < -0.39 is 0 Å². The van der Waals surface area contributed by atoms with Crippen LogP contribution in [0.2, 0.25) is 0 Å². The normalized spacial score (nSPS) is 9.78. The molecule has 159 valence electrons. The fourth-order valence-electron chi connectivity index (χ4n) is 3.02. The topological polar surface area (TPSA) is 25.8 Å². The maximum Gasteiger partial charge on any atom is 0.0418 e. The summed E-state index contributed by atoms with van der Waals surface area (Å²) in [7, 11) is 0. The molecule has 0 aliphatic heterocycles. The van der Waals surface area contributed by atoms with E-state index >= 15 is 0 Å². The number of hydrogen-bond donors (Lipinski definition) is 0. The van der Waals surface area contributed by atoms with Crippen LogP contribution < -0.4 is 0 Å². The largest absolute Gasteiger partial charge is 0.305 e. The zero-order valence-corrected chi connectivity index (χ0v) is 19.5. The van der Waals surface area contributed by atoms with E-state index in [4.69, 9.17) is 0 Å². The predicted molar refractivity (Wildman–Crippen MR) is 122 cm³/mol. The van der Waals surface area contributed by atoms with Crippen molar-refractivity contribution in [2.24, 2.45) is 0 Å². The van der Waals surface area contributed by atoms with E-state index in [1.54, 1.807) is 18.5 Å². The molecule has 2 aromatic heterocycles. The standard InChI is InChI=1S/C17H11FN.C11H8N.Ir/c18-16-8-4-7-14(11-16)17-10-9-15(12-19-17)13-5-2-1-3-6-13;1-2-6-10(7-3-1)11-8-4-5-9-12-11;/h1-6,8-12H;1-6,8-9H;/q2*-1;. The molecule has 0 unspecified atom stereocenters. The van der Waals surface area contributed by atoms with Crippen LogP contribution >= 0.6 is 0 Å². The molecule has 0 atom stereocenters. The molecule has 5 rings (SSSR count). The Hall–Kier alpha value is -3.46. The van der Waals surface area contributed by atoms with E-state index in [0.29, 0.717) is 5.56 Å². The van der Waals surface area contributed by atoms with Gasteiger partial charge in [-0.1, -0.05) is 54.6 Å². The average Bonchev–Trinajstić information content (AvgIpc) is 2.86. The molecule has 0 amide bonds. The summed E-state index contributed by atoms with van der Waals surface area (Å²) in [5.41, 5.74) is 5.56. The van der Waals surface area contributed by atoms with Gasteiger partial charge in [-0.2, -0.15) is 0 Å². The molecular weight excluding hydrogens is 576 g/mol. The van der Waals surface area contributed by atoms with Crippen molar-refractivity contribution in [1.29, 1.82) is 0 Å². The molecule has 2 heterocycles. The van der Waals surface area contributed by atoms with Gasteiger partial charge in [-0.05, 0) is 28.6 Å². The fourth-order valence-corrected chi connectivity index (χ4v) is 3.02. The van der Waals surface area contributed by atoms with E-state index in [9.17, 15) is 4.39 Å². The first kappa shape index (κ1) is 23.2. The van der Waals surface area contributed by atoms with Crippen LogP contribution in [0.15, 0.2) is 116 Å². The summed E-state index contributed by atoms with van der Waals surface area (Å²) in [6.07, 6.45) is 3.58. The van der Waals surface area contributed by atoms with E-state index in [0.717, 1.165) is 28.1 Å². The van der Waals surface area contributed by atoms with Crippen LogP contribution in [0.1, 0.15) is 0 Å². The zero-order chi connectivity index (χ0) is 21.3. The molecule has 4 heteroatoms. The molecule has 0 saturated carbocycles. The van der Waals surface area contributed by atoms with Gasteiger partial charge < -0.3 is 9.97 Å². The van der Waals surface area contributed by atoms with Gasteiger partial charge in [-0.3, -0.25) is 0 Å². The molecule has 0 N–H and O–H groups in total. The Balaban J connectivity index is 0.000000193. The maximum atomic E-state index is 13.1. The minimum Gasteiger partial charge on any atom is -0.305 e. The Morgan fingerprint density at radius 2 is 1.34 bits per heavy atom. The molecule has 0 aliphatic carbocycles. The van der Waals surface area contributed by atoms with Crippen LogP contribution in [0.25, 0.3) is 33.6 Å². The van der Waals surface area contributed by atoms with Gasteiger partial charge in [0.25, 0.3) is 0 Å². The predicted octanol–water partition coefficient (Wildman–Crippen LogP) is 6.90. The molecule has 0 aliphatic rings. The second-order valence-corrected chi connectivity index (χ2v) is 6.71. The van der Waals surface area contributed by atoms with Crippen LogP contribution in [0.5, 0.6) is 0 Å². The molecule has 1 radical (unpaired) electrons. The Morgan fingerprint density at radius 1 is 0.594 bits per heavy atom. The summed E-state index contributed by atoms with van der Waals surface area (Å²) < 4.78 is 13.1. The molecular formula is C28H19FIrN2-2. The van der Waals surface area contributed by atoms with Gasteiger partial charge in [-0.15, -0.1) is 65.7 Å². The van der Waals surface area contributed by atoms with E-state index in [1.807, 2.05) is 84.9 Å². The van der Waals surface area contributed by atoms with E-state index in [1.165, 1.54) is 12.1 Å². The zero-order valence-electron chi connectivity index (χ0n) is 17.1. The van der Waals surface area contributed by atoms with Crippen molar-refractivity contribution in [3.05, 3.63) is 133 Å². The first-order valence-electron chi connectivity index (χ1n) is 9.87. The second kappa shape index (κ2) is 11.8. The minimum atomic E-state index is -0.275. The van der Waals surface area contributed by atoms with Gasteiger partial charge in [0.1, 0.15) is 0 Å². The Labute approximate surface area is 201 Å². The third-order valence-corrected chi connectivity index (χ3v) is 4.56. The first-order valence-corrected chi connectivity index (χ1v) is 9.87. The molecule has 0 fully saturated rings. The molecule has 0 bridgehead atoms. The van der Waals surface area contributed by atoms with Gasteiger partial charge in [-0.25, -0.2) is 4.39 Å². The van der Waals surface area contributed by atoms with Gasteiger partial charge in [0, 0.05) is 38.3 Å². The van der Waals surface area contributed by atoms with Gasteiger partial charge in [0.15, 0.2) is 0 Å². The van der Waals surface area contributed by atoms with Crippen LogP contribution in [-0.4, -0.2) is 9.97 Å². The second-order valence-electron chi connectivity index (χ2n) is 6.71. The molecule has 2 nitrogen and oxygen atoms in total. The smallest absolute Gasteiger partial charge is 0.0418 e. The number of aromatic nitrogens is 2. The van der Waals surface area contributed by atoms with Crippen LogP contribution in [0, 0.1) is 17.9 Å². The molecule has 0 spiro atoms. The summed E-state index contributed by atoms with van der Waals surface area (Å²) in [5.74, 6) is -0.275. The van der Waals surface area contributed by atoms with Crippen molar-refractivity contribution in [2.45, 2.75) is 0 Å². The number of rotatable bonds is 3. The van der Waals surface area contributed by atoms with Crippen LogP contribution in [0.4, 0.5) is 4.39 Å². The Bertz CT molecular complexity index is 1180. The number of nitrogens with zero attached hydrogens (tertiary/aromatic N) is 2. The van der Waals surface area contributed by atoms with Gasteiger partial charge in [0.2, 0.25) is 0 Å². The summed E-state index contributed by atoms with van der Waals surface area (Å²) in [6.45, 7) is 0. The van der Waals surface area contributed by atoms with Gasteiger partial charge >= 0.3 is 0 Å². The van der Waals surface area contributed by atoms with E-state index in [-0.39, 0.29) is 25.9 Å². The molecule has 0 saturated heterocycles. The monoisotopic (exact) mass is 595 g/mol. The Kier molecular flexibility index (Phi) is 8.56. The average molecular weight is 595 g/mol. The van der Waals surface area contributed by atoms with Crippen molar-refractivity contribution in [3.63, 3.8) is 0 Å². The molecule has 3 aromatic carbocycles. The van der Waals surface area contributed by atoms with Crippen molar-refractivity contribution in [3.8, 4) is 33.6 Å². The maximum absolute atomic E-state index is 13.1. The molecule has 32 heavy (non-hydrogen) atoms. The van der Waals surface area contributed by atoms with Crippen LogP contribution in [-0.2, 0) is 20.1 Å². The van der Waals surface area contributed by atoms with Gasteiger partial charge in [0.05, 0.1) is 0 Å². The van der Waals surface area contributed by atoms with Crippen LogP contribution in [0.3, 0.4) is 0 Å². The van der Waals surface area contributed by atoms with Crippen molar-refractivity contribution in [2.75, 3.05) is 0 Å². The fraction of sp³-hybridized carbons (Fsp3) is 0. The minimum absolute atomic E-state index is 0. The third kappa shape index (κ3) is 6.27.